The lowest BCUT2D eigenvalue weighted by Crippen LogP contribution is -2.57. The summed E-state index contributed by atoms with van der Waals surface area (Å²) in [5, 5.41) is 9.48. The summed E-state index contributed by atoms with van der Waals surface area (Å²) >= 11 is 4.96. The standard InChI is InChI=1S/C9H15N3OS/c1-4-9(5-10-8(14)12-9)11-7(13)6(2)3/h2,4-5H2,1,3H3,(H,11,13)(H2,10,12,14). The molecule has 1 fully saturated rings. The van der Waals surface area contributed by atoms with E-state index in [2.05, 4.69) is 22.5 Å². The quantitative estimate of drug-likeness (QED) is 0.465. The first kappa shape index (κ1) is 11.0. The summed E-state index contributed by atoms with van der Waals surface area (Å²) in [5.74, 6) is -0.147. The molecule has 1 unspecified atom stereocenters. The maximum absolute atomic E-state index is 11.4. The first-order valence-electron chi connectivity index (χ1n) is 4.53. The van der Waals surface area contributed by atoms with Crippen LogP contribution in [0.15, 0.2) is 12.2 Å². The summed E-state index contributed by atoms with van der Waals surface area (Å²) in [5.41, 5.74) is 0.0464. The molecule has 1 atom stereocenters. The second kappa shape index (κ2) is 3.96. The van der Waals surface area contributed by atoms with Gasteiger partial charge in [0, 0.05) is 5.57 Å². The van der Waals surface area contributed by atoms with Crippen LogP contribution in [-0.2, 0) is 4.79 Å². The van der Waals surface area contributed by atoms with Crippen molar-refractivity contribution in [1.29, 1.82) is 0 Å². The zero-order chi connectivity index (χ0) is 10.8. The van der Waals surface area contributed by atoms with Crippen LogP contribution in [0.4, 0.5) is 0 Å². The monoisotopic (exact) mass is 213 g/mol. The molecule has 1 aliphatic heterocycles. The van der Waals surface area contributed by atoms with Gasteiger partial charge in [-0.3, -0.25) is 4.79 Å². The van der Waals surface area contributed by atoms with E-state index in [1.807, 2.05) is 6.92 Å². The van der Waals surface area contributed by atoms with Gasteiger partial charge in [0.25, 0.3) is 0 Å². The van der Waals surface area contributed by atoms with Crippen LogP contribution in [0.3, 0.4) is 0 Å². The molecule has 1 amide bonds. The highest BCUT2D eigenvalue weighted by Crippen LogP contribution is 2.10. The molecule has 3 N–H and O–H groups in total. The maximum atomic E-state index is 11.4. The van der Waals surface area contributed by atoms with Crippen molar-refractivity contribution in [2.24, 2.45) is 0 Å². The fourth-order valence-corrected chi connectivity index (χ4v) is 1.51. The van der Waals surface area contributed by atoms with Crippen molar-refractivity contribution in [2.45, 2.75) is 25.9 Å². The molecule has 78 valence electrons. The summed E-state index contributed by atoms with van der Waals surface area (Å²) in [6, 6.07) is 0. The van der Waals surface area contributed by atoms with Crippen molar-refractivity contribution in [3.8, 4) is 0 Å². The first-order valence-corrected chi connectivity index (χ1v) is 4.94. The molecule has 0 radical (unpaired) electrons. The van der Waals surface area contributed by atoms with Gasteiger partial charge in [-0.15, -0.1) is 0 Å². The summed E-state index contributed by atoms with van der Waals surface area (Å²) < 4.78 is 0. The molecule has 1 aliphatic rings. The zero-order valence-corrected chi connectivity index (χ0v) is 9.25. The number of carbonyl (C=O) groups is 1. The third-order valence-electron chi connectivity index (χ3n) is 2.25. The molecule has 0 saturated carbocycles. The Morgan fingerprint density at radius 1 is 1.79 bits per heavy atom. The molecule has 0 aromatic rings. The average Bonchev–Trinajstić information content (AvgIpc) is 2.48. The van der Waals surface area contributed by atoms with Gasteiger partial charge in [-0.2, -0.15) is 0 Å². The van der Waals surface area contributed by atoms with Crippen molar-refractivity contribution in [2.75, 3.05) is 6.54 Å². The Morgan fingerprint density at radius 3 is 2.79 bits per heavy atom. The van der Waals surface area contributed by atoms with Gasteiger partial charge >= 0.3 is 0 Å². The fourth-order valence-electron chi connectivity index (χ4n) is 1.24. The minimum Gasteiger partial charge on any atom is -0.358 e. The number of rotatable bonds is 3. The van der Waals surface area contributed by atoms with Crippen LogP contribution in [0.25, 0.3) is 0 Å². The molecule has 1 heterocycles. The van der Waals surface area contributed by atoms with Crippen molar-refractivity contribution < 1.29 is 4.79 Å². The van der Waals surface area contributed by atoms with Crippen LogP contribution < -0.4 is 16.0 Å². The number of amides is 1. The van der Waals surface area contributed by atoms with E-state index in [-0.39, 0.29) is 5.91 Å². The normalized spacial score (nSPS) is 25.1. The Balaban J connectivity index is 2.68. The number of hydrogen-bond acceptors (Lipinski definition) is 2. The molecular formula is C9H15N3OS. The van der Waals surface area contributed by atoms with Crippen LogP contribution >= 0.6 is 12.2 Å². The molecule has 1 saturated heterocycles. The minimum atomic E-state index is -0.451. The molecule has 0 aromatic heterocycles. The van der Waals surface area contributed by atoms with Crippen LogP contribution in [0, 0.1) is 0 Å². The van der Waals surface area contributed by atoms with Gasteiger partial charge in [-0.05, 0) is 25.6 Å². The van der Waals surface area contributed by atoms with Crippen molar-refractivity contribution in [3.63, 3.8) is 0 Å². The Hall–Kier alpha value is -1.10. The van der Waals surface area contributed by atoms with Gasteiger partial charge in [-0.25, -0.2) is 0 Å². The van der Waals surface area contributed by atoms with Crippen molar-refractivity contribution in [1.82, 2.24) is 16.0 Å². The average molecular weight is 213 g/mol. The van der Waals surface area contributed by atoms with Crippen molar-refractivity contribution >= 4 is 23.2 Å². The second-order valence-corrected chi connectivity index (χ2v) is 3.89. The highest BCUT2D eigenvalue weighted by Gasteiger charge is 2.35. The highest BCUT2D eigenvalue weighted by atomic mass is 32.1. The van der Waals surface area contributed by atoms with Crippen LogP contribution in [-0.4, -0.2) is 23.2 Å². The van der Waals surface area contributed by atoms with E-state index in [9.17, 15) is 4.79 Å². The molecule has 14 heavy (non-hydrogen) atoms. The van der Waals surface area contributed by atoms with E-state index in [0.717, 1.165) is 6.42 Å². The van der Waals surface area contributed by atoms with E-state index in [1.54, 1.807) is 6.92 Å². The summed E-state index contributed by atoms with van der Waals surface area (Å²) in [7, 11) is 0. The maximum Gasteiger partial charge on any atom is 0.248 e. The SMILES string of the molecule is C=C(C)C(=O)NC1(CC)CNC(=S)N1. The van der Waals surface area contributed by atoms with Crippen LogP contribution in [0.5, 0.6) is 0 Å². The third kappa shape index (κ3) is 2.23. The minimum absolute atomic E-state index is 0.147. The van der Waals surface area contributed by atoms with Gasteiger partial charge in [-0.1, -0.05) is 13.5 Å². The lowest BCUT2D eigenvalue weighted by Gasteiger charge is -2.28. The molecule has 0 spiro atoms. The van der Waals surface area contributed by atoms with Crippen LogP contribution in [0.2, 0.25) is 0 Å². The summed E-state index contributed by atoms with van der Waals surface area (Å²) in [6.45, 7) is 7.87. The Bertz CT molecular complexity index is 290. The smallest absolute Gasteiger partial charge is 0.248 e. The zero-order valence-electron chi connectivity index (χ0n) is 8.44. The van der Waals surface area contributed by atoms with E-state index >= 15 is 0 Å². The number of nitrogens with one attached hydrogen (secondary N) is 3. The predicted molar refractivity (Wildman–Crippen MR) is 59.7 cm³/mol. The predicted octanol–water partition coefficient (Wildman–Crippen LogP) is 0.263. The van der Waals surface area contributed by atoms with Gasteiger partial charge in [0.05, 0.1) is 6.54 Å². The van der Waals surface area contributed by atoms with Crippen LogP contribution in [0.1, 0.15) is 20.3 Å². The highest BCUT2D eigenvalue weighted by molar-refractivity contribution is 7.80. The number of carbonyl (C=O) groups excluding carboxylic acids is 1. The first-order chi connectivity index (χ1) is 6.49. The molecule has 0 bridgehead atoms. The fraction of sp³-hybridized carbons (Fsp3) is 0.556. The van der Waals surface area contributed by atoms with Crippen molar-refractivity contribution in [3.05, 3.63) is 12.2 Å². The van der Waals surface area contributed by atoms with Gasteiger partial charge in [0.2, 0.25) is 5.91 Å². The third-order valence-corrected chi connectivity index (χ3v) is 2.49. The van der Waals surface area contributed by atoms with E-state index in [4.69, 9.17) is 12.2 Å². The van der Waals surface area contributed by atoms with E-state index in [1.165, 1.54) is 0 Å². The molecule has 5 heteroatoms. The molecule has 1 rings (SSSR count). The summed E-state index contributed by atoms with van der Waals surface area (Å²) in [4.78, 5) is 11.4. The molecule has 0 aliphatic carbocycles. The molecule has 4 nitrogen and oxygen atoms in total. The Kier molecular flexibility index (Phi) is 3.10. The number of hydrogen-bond donors (Lipinski definition) is 3. The lowest BCUT2D eigenvalue weighted by molar-refractivity contribution is -0.119. The number of thiocarbonyl (C=S) groups is 1. The lowest BCUT2D eigenvalue weighted by atomic mass is 10.1. The Morgan fingerprint density at radius 2 is 2.43 bits per heavy atom. The van der Waals surface area contributed by atoms with E-state index in [0.29, 0.717) is 17.2 Å². The van der Waals surface area contributed by atoms with E-state index < -0.39 is 5.66 Å². The molecule has 0 aromatic carbocycles. The topological polar surface area (TPSA) is 53.2 Å². The van der Waals surface area contributed by atoms with Gasteiger partial charge in [0.15, 0.2) is 5.11 Å². The summed E-state index contributed by atoms with van der Waals surface area (Å²) in [6.07, 6.45) is 0.763. The van der Waals surface area contributed by atoms with Gasteiger partial charge < -0.3 is 16.0 Å². The Labute approximate surface area is 89.1 Å². The van der Waals surface area contributed by atoms with Gasteiger partial charge in [0.1, 0.15) is 5.66 Å². The molecular weight excluding hydrogens is 198 g/mol. The second-order valence-electron chi connectivity index (χ2n) is 3.48. The largest absolute Gasteiger partial charge is 0.358 e.